The second-order valence-corrected chi connectivity index (χ2v) is 8.03. The Hall–Kier alpha value is -2.02. The van der Waals surface area contributed by atoms with E-state index < -0.39 is 0 Å². The number of imidazole rings is 1. The third-order valence-electron chi connectivity index (χ3n) is 5.24. The second-order valence-electron chi connectivity index (χ2n) is 6.99. The Morgan fingerprint density at radius 2 is 2.04 bits per heavy atom. The Bertz CT molecular complexity index is 813. The molecule has 2 fully saturated rings. The third-order valence-corrected chi connectivity index (χ3v) is 6.13. The van der Waals surface area contributed by atoms with Crippen LogP contribution in [0.25, 0.3) is 11.0 Å². The smallest absolute Gasteiger partial charge is 0.281 e. The molecular weight excluding hydrogens is 348 g/mol. The number of fused-ring (bicyclic) bond motifs is 1. The Morgan fingerprint density at radius 1 is 1.23 bits per heavy atom. The molecule has 1 aliphatic carbocycles. The molecule has 2 heterocycles. The van der Waals surface area contributed by atoms with Gasteiger partial charge >= 0.3 is 0 Å². The lowest BCUT2D eigenvalue weighted by molar-refractivity contribution is -0.116. The quantitative estimate of drug-likeness (QED) is 0.860. The number of benzene rings is 1. The van der Waals surface area contributed by atoms with Crippen molar-refractivity contribution in [2.45, 2.75) is 44.6 Å². The molecule has 2 aromatic rings. The Balaban J connectivity index is 1.51. The molecule has 26 heavy (non-hydrogen) atoms. The minimum Gasteiger partial charge on any atom is -0.332 e. The molecule has 1 saturated heterocycles. The molecule has 0 spiro atoms. The predicted molar refractivity (Wildman–Crippen MR) is 105 cm³/mol. The summed E-state index contributed by atoms with van der Waals surface area (Å²) in [6.45, 7) is 1.21. The summed E-state index contributed by atoms with van der Waals surface area (Å²) >= 11 is 1.32. The van der Waals surface area contributed by atoms with Crippen molar-refractivity contribution in [3.05, 3.63) is 24.3 Å². The standard InChI is InChI=1S/C19H24N4O2S/c24-17(10-11-22-12-13-26-19(22)25)21-18-20-15-8-4-5-9-16(15)23(18)14-6-2-1-3-7-14/h4-5,8-9,14H,1-3,6-7,10-13H2,(H,20,21,24). The number of rotatable bonds is 5. The molecule has 2 amide bonds. The molecule has 0 bridgehead atoms. The molecule has 6 nitrogen and oxygen atoms in total. The first-order valence-corrected chi connectivity index (χ1v) is 10.4. The monoisotopic (exact) mass is 372 g/mol. The zero-order valence-electron chi connectivity index (χ0n) is 14.8. The normalized spacial score (nSPS) is 18.6. The summed E-state index contributed by atoms with van der Waals surface area (Å²) in [5.74, 6) is 1.38. The highest BCUT2D eigenvalue weighted by Gasteiger charge is 2.24. The van der Waals surface area contributed by atoms with Gasteiger partial charge < -0.3 is 9.47 Å². The van der Waals surface area contributed by atoms with Crippen LogP contribution >= 0.6 is 11.8 Å². The van der Waals surface area contributed by atoms with E-state index >= 15 is 0 Å². The van der Waals surface area contributed by atoms with Crippen LogP contribution in [-0.2, 0) is 4.79 Å². The number of carbonyl (C=O) groups excluding carboxylic acids is 2. The number of nitrogens with zero attached hydrogens (tertiary/aromatic N) is 3. The number of carbonyl (C=O) groups is 2. The number of hydrogen-bond acceptors (Lipinski definition) is 4. The summed E-state index contributed by atoms with van der Waals surface area (Å²) in [5.41, 5.74) is 2.00. The van der Waals surface area contributed by atoms with Crippen molar-refractivity contribution in [1.82, 2.24) is 14.5 Å². The fourth-order valence-electron chi connectivity index (χ4n) is 3.89. The zero-order valence-corrected chi connectivity index (χ0v) is 15.6. The van der Waals surface area contributed by atoms with Crippen molar-refractivity contribution in [1.29, 1.82) is 0 Å². The molecule has 2 aliphatic rings. The minimum atomic E-state index is -0.0814. The fourth-order valence-corrected chi connectivity index (χ4v) is 4.75. The predicted octanol–water partition coefficient (Wildman–Crippen LogP) is 4.04. The van der Waals surface area contributed by atoms with E-state index in [1.165, 1.54) is 31.0 Å². The average Bonchev–Trinajstić information content (AvgIpc) is 3.23. The number of para-hydroxylation sites is 2. The number of thioether (sulfide) groups is 1. The summed E-state index contributed by atoms with van der Waals surface area (Å²) < 4.78 is 2.21. The number of nitrogens with one attached hydrogen (secondary N) is 1. The largest absolute Gasteiger partial charge is 0.332 e. The Kier molecular flexibility index (Phi) is 5.15. The van der Waals surface area contributed by atoms with Crippen LogP contribution in [0.3, 0.4) is 0 Å². The van der Waals surface area contributed by atoms with Gasteiger partial charge in [-0.3, -0.25) is 14.9 Å². The van der Waals surface area contributed by atoms with Crippen molar-refractivity contribution >= 4 is 39.9 Å². The number of hydrogen-bond donors (Lipinski definition) is 1. The van der Waals surface area contributed by atoms with Crippen LogP contribution in [0, 0.1) is 0 Å². The van der Waals surface area contributed by atoms with Gasteiger partial charge in [-0.1, -0.05) is 43.2 Å². The molecular formula is C19H24N4O2S. The van der Waals surface area contributed by atoms with E-state index in [-0.39, 0.29) is 11.1 Å². The van der Waals surface area contributed by atoms with Gasteiger partial charge in [0.2, 0.25) is 11.9 Å². The van der Waals surface area contributed by atoms with Crippen LogP contribution < -0.4 is 5.32 Å². The lowest BCUT2D eigenvalue weighted by Gasteiger charge is -2.25. The summed E-state index contributed by atoms with van der Waals surface area (Å²) in [7, 11) is 0. The van der Waals surface area contributed by atoms with E-state index in [4.69, 9.17) is 0 Å². The van der Waals surface area contributed by atoms with Crippen molar-refractivity contribution in [3.63, 3.8) is 0 Å². The van der Waals surface area contributed by atoms with Crippen LogP contribution in [0.15, 0.2) is 24.3 Å². The van der Waals surface area contributed by atoms with E-state index in [0.717, 1.165) is 36.2 Å². The van der Waals surface area contributed by atoms with Crippen molar-refractivity contribution < 1.29 is 9.59 Å². The average molecular weight is 372 g/mol. The molecule has 0 unspecified atom stereocenters. The first-order chi connectivity index (χ1) is 12.7. The van der Waals surface area contributed by atoms with Gasteiger partial charge in [0.05, 0.1) is 11.0 Å². The van der Waals surface area contributed by atoms with Gasteiger partial charge in [-0.25, -0.2) is 4.98 Å². The van der Waals surface area contributed by atoms with Crippen LogP contribution in [0.1, 0.15) is 44.6 Å². The van der Waals surface area contributed by atoms with Crippen molar-refractivity contribution in [2.24, 2.45) is 0 Å². The summed E-state index contributed by atoms with van der Waals surface area (Å²) in [6, 6.07) is 8.45. The van der Waals surface area contributed by atoms with Crippen molar-refractivity contribution in [3.8, 4) is 0 Å². The van der Waals surface area contributed by atoms with Gasteiger partial charge in [-0.15, -0.1) is 0 Å². The number of aromatic nitrogens is 2. The SMILES string of the molecule is O=C(CCN1CCSC1=O)Nc1nc2ccccc2n1C1CCCCC1. The lowest BCUT2D eigenvalue weighted by atomic mass is 9.95. The molecule has 1 aromatic heterocycles. The molecule has 4 rings (SSSR count). The van der Waals surface area contributed by atoms with Crippen molar-refractivity contribution in [2.75, 3.05) is 24.2 Å². The first kappa shape index (κ1) is 17.4. The highest BCUT2D eigenvalue weighted by molar-refractivity contribution is 8.13. The van der Waals surface area contributed by atoms with E-state index in [1.54, 1.807) is 4.90 Å². The molecule has 1 aliphatic heterocycles. The van der Waals surface area contributed by atoms with E-state index in [0.29, 0.717) is 25.0 Å². The Morgan fingerprint density at radius 3 is 2.81 bits per heavy atom. The Labute approximate surface area is 157 Å². The topological polar surface area (TPSA) is 67.2 Å². The number of anilines is 1. The van der Waals surface area contributed by atoms with E-state index in [9.17, 15) is 9.59 Å². The molecule has 1 aromatic carbocycles. The summed E-state index contributed by atoms with van der Waals surface area (Å²) in [5, 5.41) is 3.08. The molecule has 7 heteroatoms. The third kappa shape index (κ3) is 3.58. The maximum atomic E-state index is 12.5. The van der Waals surface area contributed by atoms with Crippen LogP contribution in [-0.4, -0.2) is 44.4 Å². The van der Waals surface area contributed by atoms with Crippen LogP contribution in [0.4, 0.5) is 10.7 Å². The van der Waals surface area contributed by atoms with Gasteiger partial charge in [0, 0.05) is 31.3 Å². The zero-order chi connectivity index (χ0) is 17.9. The molecule has 0 radical (unpaired) electrons. The van der Waals surface area contributed by atoms with Gasteiger partial charge in [-0.05, 0) is 25.0 Å². The minimum absolute atomic E-state index is 0.0762. The fraction of sp³-hybridized carbons (Fsp3) is 0.526. The highest BCUT2D eigenvalue weighted by Crippen LogP contribution is 2.34. The summed E-state index contributed by atoms with van der Waals surface area (Å²) in [4.78, 5) is 30.6. The molecule has 1 saturated carbocycles. The maximum absolute atomic E-state index is 12.5. The van der Waals surface area contributed by atoms with Gasteiger partial charge in [0.25, 0.3) is 5.24 Å². The highest BCUT2D eigenvalue weighted by atomic mass is 32.2. The van der Waals surface area contributed by atoms with Gasteiger partial charge in [0.15, 0.2) is 0 Å². The van der Waals surface area contributed by atoms with Crippen LogP contribution in [0.2, 0.25) is 0 Å². The van der Waals surface area contributed by atoms with E-state index in [2.05, 4.69) is 20.9 Å². The lowest BCUT2D eigenvalue weighted by Crippen LogP contribution is -2.28. The van der Waals surface area contributed by atoms with Gasteiger partial charge in [-0.2, -0.15) is 0 Å². The molecule has 0 atom stereocenters. The first-order valence-electron chi connectivity index (χ1n) is 9.41. The second kappa shape index (κ2) is 7.70. The maximum Gasteiger partial charge on any atom is 0.281 e. The molecule has 1 N–H and O–H groups in total. The van der Waals surface area contributed by atoms with E-state index in [1.807, 2.05) is 18.2 Å². The van der Waals surface area contributed by atoms with Crippen LogP contribution in [0.5, 0.6) is 0 Å². The molecule has 138 valence electrons. The number of amides is 2. The van der Waals surface area contributed by atoms with Gasteiger partial charge in [0.1, 0.15) is 0 Å². The summed E-state index contributed by atoms with van der Waals surface area (Å²) in [6.07, 6.45) is 6.29.